The van der Waals surface area contributed by atoms with Crippen LogP contribution in [0.1, 0.15) is 54.7 Å². The van der Waals surface area contributed by atoms with Gasteiger partial charge in [-0.25, -0.2) is 4.79 Å². The molecule has 1 aromatic rings. The minimum Gasteiger partial charge on any atom is -0.449 e. The summed E-state index contributed by atoms with van der Waals surface area (Å²) in [5.41, 5.74) is 4.29. The van der Waals surface area contributed by atoms with Gasteiger partial charge in [-0.1, -0.05) is 18.2 Å². The van der Waals surface area contributed by atoms with Gasteiger partial charge in [0.1, 0.15) is 6.29 Å². The molecule has 4 atom stereocenters. The number of aryl methyl sites for hydroxylation is 1. The number of rotatable bonds is 4. The quantitative estimate of drug-likeness (QED) is 0.863. The normalized spacial score (nSPS) is 31.6. The third-order valence-electron chi connectivity index (χ3n) is 6.18. The van der Waals surface area contributed by atoms with Crippen molar-refractivity contribution in [2.45, 2.75) is 56.9 Å². The molecule has 1 unspecified atom stereocenters. The molecule has 0 radical (unpaired) electrons. The fourth-order valence-corrected chi connectivity index (χ4v) is 4.85. The molecule has 0 spiro atoms. The van der Waals surface area contributed by atoms with Crippen LogP contribution in [0.2, 0.25) is 0 Å². The zero-order chi connectivity index (χ0) is 16.5. The molecule has 0 bridgehead atoms. The molecule has 4 heteroatoms. The number of hydrogen-bond acceptors (Lipinski definition) is 3. The molecule has 128 valence electrons. The first kappa shape index (κ1) is 15.7. The summed E-state index contributed by atoms with van der Waals surface area (Å²) in [6.45, 7) is 0.566. The summed E-state index contributed by atoms with van der Waals surface area (Å²) in [4.78, 5) is 22.2. The molecule has 4 rings (SSSR count). The van der Waals surface area contributed by atoms with Gasteiger partial charge in [0.25, 0.3) is 0 Å². The van der Waals surface area contributed by atoms with Crippen molar-refractivity contribution in [1.29, 1.82) is 0 Å². The van der Waals surface area contributed by atoms with Crippen LogP contribution in [0.25, 0.3) is 0 Å². The van der Waals surface area contributed by atoms with E-state index in [1.807, 2.05) is 0 Å². The van der Waals surface area contributed by atoms with E-state index in [-0.39, 0.29) is 12.1 Å². The third-order valence-corrected chi connectivity index (χ3v) is 6.18. The molecule has 1 saturated heterocycles. The van der Waals surface area contributed by atoms with Crippen LogP contribution in [0.3, 0.4) is 0 Å². The monoisotopic (exact) mass is 327 g/mol. The van der Waals surface area contributed by atoms with Crippen molar-refractivity contribution in [2.75, 3.05) is 6.61 Å². The van der Waals surface area contributed by atoms with Crippen LogP contribution in [0.5, 0.6) is 0 Å². The summed E-state index contributed by atoms with van der Waals surface area (Å²) in [6.07, 6.45) is 8.13. The standard InChI is InChI=1S/C20H25NO3/c22-9-1-2-13-3-4-15-11-16(6-5-14(15)10-13)18-8-7-17-12-24-20(23)21-19(17)18/h5-6,9,11,13,17-19H,1-4,7-8,10,12H2,(H,21,23)/t13-,17-,18+,19?/m1/s1. The summed E-state index contributed by atoms with van der Waals surface area (Å²) in [5.74, 6) is 1.52. The van der Waals surface area contributed by atoms with E-state index < -0.39 is 0 Å². The number of benzene rings is 1. The van der Waals surface area contributed by atoms with Crippen molar-refractivity contribution >= 4 is 12.4 Å². The molecule has 1 saturated carbocycles. The molecular weight excluding hydrogens is 302 g/mol. The summed E-state index contributed by atoms with van der Waals surface area (Å²) in [7, 11) is 0. The van der Waals surface area contributed by atoms with Gasteiger partial charge in [-0.15, -0.1) is 0 Å². The topological polar surface area (TPSA) is 55.4 Å². The number of hydrogen-bond donors (Lipinski definition) is 1. The van der Waals surface area contributed by atoms with Crippen LogP contribution in [-0.2, 0) is 22.4 Å². The van der Waals surface area contributed by atoms with E-state index >= 15 is 0 Å². The number of carbonyl (C=O) groups is 2. The molecule has 1 N–H and O–H groups in total. The van der Waals surface area contributed by atoms with Gasteiger partial charge in [-0.05, 0) is 61.1 Å². The Hall–Kier alpha value is -1.84. The summed E-state index contributed by atoms with van der Waals surface area (Å²) < 4.78 is 5.14. The summed E-state index contributed by atoms with van der Waals surface area (Å²) in [6, 6.07) is 7.15. The number of carbonyl (C=O) groups excluding carboxylic acids is 2. The Labute approximate surface area is 143 Å². The predicted molar refractivity (Wildman–Crippen MR) is 91.0 cm³/mol. The minimum absolute atomic E-state index is 0.230. The molecule has 2 fully saturated rings. The van der Waals surface area contributed by atoms with Gasteiger partial charge in [-0.3, -0.25) is 0 Å². The third kappa shape index (κ3) is 2.94. The van der Waals surface area contributed by atoms with E-state index in [1.165, 1.54) is 23.1 Å². The van der Waals surface area contributed by atoms with Crippen molar-refractivity contribution in [3.8, 4) is 0 Å². The predicted octanol–water partition coefficient (Wildman–Crippen LogP) is 3.37. The second-order valence-corrected chi connectivity index (χ2v) is 7.59. The second kappa shape index (κ2) is 6.58. The molecular formula is C20H25NO3. The average Bonchev–Trinajstić information content (AvgIpc) is 3.02. The lowest BCUT2D eigenvalue weighted by molar-refractivity contribution is -0.108. The van der Waals surface area contributed by atoms with Gasteiger partial charge in [0.2, 0.25) is 0 Å². The van der Waals surface area contributed by atoms with Gasteiger partial charge >= 0.3 is 6.09 Å². The molecule has 1 aliphatic heterocycles. The highest BCUT2D eigenvalue weighted by molar-refractivity contribution is 5.69. The van der Waals surface area contributed by atoms with Crippen LogP contribution in [0, 0.1) is 11.8 Å². The average molecular weight is 327 g/mol. The lowest BCUT2D eigenvalue weighted by Gasteiger charge is -2.31. The van der Waals surface area contributed by atoms with Crippen LogP contribution < -0.4 is 5.32 Å². The summed E-state index contributed by atoms with van der Waals surface area (Å²) >= 11 is 0. The molecule has 0 aromatic heterocycles. The fraction of sp³-hybridized carbons (Fsp3) is 0.600. The van der Waals surface area contributed by atoms with Crippen molar-refractivity contribution in [3.63, 3.8) is 0 Å². The minimum atomic E-state index is -0.265. The Bertz CT molecular complexity index is 642. The highest BCUT2D eigenvalue weighted by atomic mass is 16.6. The van der Waals surface area contributed by atoms with E-state index in [2.05, 4.69) is 23.5 Å². The molecule has 3 aliphatic rings. The van der Waals surface area contributed by atoms with Crippen LogP contribution in [-0.4, -0.2) is 25.0 Å². The molecule has 2 aliphatic carbocycles. The van der Waals surface area contributed by atoms with E-state index in [4.69, 9.17) is 4.74 Å². The second-order valence-electron chi connectivity index (χ2n) is 7.59. The molecule has 24 heavy (non-hydrogen) atoms. The van der Waals surface area contributed by atoms with Crippen molar-refractivity contribution < 1.29 is 14.3 Å². The molecule has 1 heterocycles. The number of ether oxygens (including phenoxy) is 1. The number of amides is 1. The molecule has 1 aromatic carbocycles. The first-order valence-corrected chi connectivity index (χ1v) is 9.23. The van der Waals surface area contributed by atoms with Gasteiger partial charge in [-0.2, -0.15) is 0 Å². The number of nitrogens with one attached hydrogen (secondary N) is 1. The van der Waals surface area contributed by atoms with Crippen molar-refractivity contribution in [2.24, 2.45) is 11.8 Å². The first-order chi connectivity index (χ1) is 11.7. The maximum Gasteiger partial charge on any atom is 0.407 e. The highest BCUT2D eigenvalue weighted by Gasteiger charge is 2.41. The Morgan fingerprint density at radius 1 is 1.21 bits per heavy atom. The largest absolute Gasteiger partial charge is 0.449 e. The number of cyclic esters (lactones) is 1. The van der Waals surface area contributed by atoms with Crippen molar-refractivity contribution in [3.05, 3.63) is 34.9 Å². The number of alkyl carbamates (subject to hydrolysis) is 1. The zero-order valence-electron chi connectivity index (χ0n) is 14.0. The van der Waals surface area contributed by atoms with Crippen molar-refractivity contribution in [1.82, 2.24) is 5.32 Å². The van der Waals surface area contributed by atoms with E-state index in [1.54, 1.807) is 0 Å². The lowest BCUT2D eigenvalue weighted by Crippen LogP contribution is -2.47. The van der Waals surface area contributed by atoms with E-state index in [0.717, 1.165) is 38.4 Å². The Balaban J connectivity index is 1.50. The highest BCUT2D eigenvalue weighted by Crippen LogP contribution is 2.41. The zero-order valence-corrected chi connectivity index (χ0v) is 14.0. The maximum absolute atomic E-state index is 11.6. The molecule has 4 nitrogen and oxygen atoms in total. The van der Waals surface area contributed by atoms with E-state index in [0.29, 0.717) is 30.8 Å². The number of aldehydes is 1. The fourth-order valence-electron chi connectivity index (χ4n) is 4.85. The lowest BCUT2D eigenvalue weighted by atomic mass is 9.79. The van der Waals surface area contributed by atoms with Gasteiger partial charge in [0, 0.05) is 24.3 Å². The van der Waals surface area contributed by atoms with Gasteiger partial charge in [0.05, 0.1) is 6.61 Å². The maximum atomic E-state index is 11.6. The SMILES string of the molecule is O=CCC[C@@H]1CCc2cc([C@@H]3CC[C@@H]4COC(=O)NC43)ccc2C1. The smallest absolute Gasteiger partial charge is 0.407 e. The Morgan fingerprint density at radius 3 is 3.00 bits per heavy atom. The Morgan fingerprint density at radius 2 is 2.12 bits per heavy atom. The summed E-state index contributed by atoms with van der Waals surface area (Å²) in [5, 5.41) is 3.04. The number of fused-ring (bicyclic) bond motifs is 2. The van der Waals surface area contributed by atoms with Crippen LogP contribution in [0.15, 0.2) is 18.2 Å². The van der Waals surface area contributed by atoms with Crippen LogP contribution in [0.4, 0.5) is 4.79 Å². The first-order valence-electron chi connectivity index (χ1n) is 9.23. The molecule has 1 amide bonds. The van der Waals surface area contributed by atoms with Crippen LogP contribution >= 0.6 is 0 Å². The van der Waals surface area contributed by atoms with Gasteiger partial charge < -0.3 is 14.8 Å². The van der Waals surface area contributed by atoms with Gasteiger partial charge in [0.15, 0.2) is 0 Å². The van der Waals surface area contributed by atoms with E-state index in [9.17, 15) is 9.59 Å². The Kier molecular flexibility index (Phi) is 4.30.